The molecule has 18 heavy (non-hydrogen) atoms. The van der Waals surface area contributed by atoms with Gasteiger partial charge in [0.15, 0.2) is 0 Å². The summed E-state index contributed by atoms with van der Waals surface area (Å²) in [6, 6.07) is 4.89. The van der Waals surface area contributed by atoms with Gasteiger partial charge in [0.25, 0.3) is 0 Å². The van der Waals surface area contributed by atoms with E-state index in [1.54, 1.807) is 11.1 Å². The van der Waals surface area contributed by atoms with E-state index in [9.17, 15) is 0 Å². The molecule has 2 aliphatic rings. The summed E-state index contributed by atoms with van der Waals surface area (Å²) in [7, 11) is 0. The summed E-state index contributed by atoms with van der Waals surface area (Å²) >= 11 is 0. The molecule has 3 rings (SSSR count). The first kappa shape index (κ1) is 14.2. The second-order valence-electron chi connectivity index (χ2n) is 5.79. The van der Waals surface area contributed by atoms with Gasteiger partial charge in [-0.05, 0) is 53.4 Å². The van der Waals surface area contributed by atoms with E-state index in [1.807, 2.05) is 0 Å². The maximum absolute atomic E-state index is 2.45. The zero-order valence-electron chi connectivity index (χ0n) is 11.6. The number of rotatable bonds is 2. The number of hydrogen-bond acceptors (Lipinski definition) is 0. The summed E-state index contributed by atoms with van der Waals surface area (Å²) in [6.07, 6.45) is 9.70. The molecule has 1 aromatic rings. The van der Waals surface area contributed by atoms with E-state index < -0.39 is 0 Å². The van der Waals surface area contributed by atoms with Crippen LogP contribution in [0.2, 0.25) is 0 Å². The predicted octanol–water partition coefficient (Wildman–Crippen LogP) is 4.56. The molecule has 0 saturated carbocycles. The van der Waals surface area contributed by atoms with E-state index in [2.05, 4.69) is 45.1 Å². The number of fused-ring (bicyclic) bond motifs is 2. The maximum Gasteiger partial charge on any atom is 0.0242 e. The molecule has 0 fully saturated rings. The molecule has 1 aromatic carbocycles. The Balaban J connectivity index is 0.00000120. The Morgan fingerprint density at radius 2 is 1.61 bits per heavy atom. The van der Waals surface area contributed by atoms with Crippen LogP contribution in [0.3, 0.4) is 0 Å². The Kier molecular flexibility index (Phi) is 4.02. The van der Waals surface area contributed by atoms with Crippen LogP contribution in [-0.4, -0.2) is 0 Å². The van der Waals surface area contributed by atoms with Gasteiger partial charge in [0.1, 0.15) is 0 Å². The topological polar surface area (TPSA) is 0 Å². The molecule has 93 valence electrons. The number of hydrogen-bond donors (Lipinski definition) is 0. The van der Waals surface area contributed by atoms with Gasteiger partial charge in [-0.15, -0.1) is 0 Å². The Hall–Kier alpha value is -0.170. The number of allylic oxidation sites excluding steroid dienone is 1. The molecule has 0 N–H and O–H groups in total. The van der Waals surface area contributed by atoms with Crippen molar-refractivity contribution in [3.05, 3.63) is 46.4 Å². The molecule has 1 radical (unpaired) electrons. The maximum atomic E-state index is 2.45. The normalized spacial score (nSPS) is 19.5. The van der Waals surface area contributed by atoms with Crippen LogP contribution < -0.4 is 0 Å². The predicted molar refractivity (Wildman–Crippen MR) is 73.9 cm³/mol. The molecule has 0 heterocycles. The summed E-state index contributed by atoms with van der Waals surface area (Å²) in [4.78, 5) is 0. The Morgan fingerprint density at radius 1 is 1.00 bits per heavy atom. The van der Waals surface area contributed by atoms with E-state index in [1.165, 1.54) is 42.7 Å². The summed E-state index contributed by atoms with van der Waals surface area (Å²) < 4.78 is 0. The Labute approximate surface area is 130 Å². The average Bonchev–Trinajstić information content (AvgIpc) is 2.88. The van der Waals surface area contributed by atoms with Gasteiger partial charge in [0.2, 0.25) is 0 Å². The molecule has 2 aliphatic carbocycles. The van der Waals surface area contributed by atoms with Crippen molar-refractivity contribution in [1.29, 1.82) is 0 Å². The summed E-state index contributed by atoms with van der Waals surface area (Å²) in [5.74, 6) is 1.42. The minimum atomic E-state index is 0. The molecule has 0 bridgehead atoms. The Bertz CT molecular complexity index is 481. The molecule has 0 nitrogen and oxygen atoms in total. The van der Waals surface area contributed by atoms with Crippen molar-refractivity contribution in [2.75, 3.05) is 0 Å². The fourth-order valence-electron chi connectivity index (χ4n) is 3.44. The fourth-order valence-corrected chi connectivity index (χ4v) is 3.44. The van der Waals surface area contributed by atoms with Gasteiger partial charge in [-0.3, -0.25) is 0 Å². The van der Waals surface area contributed by atoms with Gasteiger partial charge in [-0.1, -0.05) is 45.1 Å². The van der Waals surface area contributed by atoms with Crippen LogP contribution in [0.15, 0.2) is 18.2 Å². The third-order valence-corrected chi connectivity index (χ3v) is 4.94. The van der Waals surface area contributed by atoms with Crippen molar-refractivity contribution in [1.82, 2.24) is 0 Å². The molecule has 1 heteroatoms. The van der Waals surface area contributed by atoms with Crippen LogP contribution in [-0.2, 0) is 38.7 Å². The van der Waals surface area contributed by atoms with Crippen molar-refractivity contribution in [3.63, 3.8) is 0 Å². The molecule has 0 atom stereocenters. The molecule has 0 unspecified atom stereocenters. The van der Waals surface area contributed by atoms with E-state index >= 15 is 0 Å². The Morgan fingerprint density at radius 3 is 2.22 bits per heavy atom. The quantitative estimate of drug-likeness (QED) is 0.635. The van der Waals surface area contributed by atoms with Crippen molar-refractivity contribution in [2.24, 2.45) is 5.41 Å². The molecular formula is C17H21Hf. The van der Waals surface area contributed by atoms with Crippen LogP contribution in [0.4, 0.5) is 0 Å². The first-order valence-corrected chi connectivity index (χ1v) is 6.85. The van der Waals surface area contributed by atoms with Crippen LogP contribution in [0.1, 0.15) is 55.9 Å². The minimum Gasteiger partial charge on any atom is -0.0724 e. The van der Waals surface area contributed by atoms with Gasteiger partial charge in [0.05, 0.1) is 0 Å². The van der Waals surface area contributed by atoms with Gasteiger partial charge in [0, 0.05) is 31.8 Å². The smallest absolute Gasteiger partial charge is 0.0242 e. The first-order chi connectivity index (χ1) is 8.17. The van der Waals surface area contributed by atoms with Crippen LogP contribution >= 0.6 is 0 Å². The van der Waals surface area contributed by atoms with Crippen molar-refractivity contribution in [3.8, 4) is 0 Å². The standard InChI is InChI=1S/C17H21.Hf/c1-4-17(5-2)10-14-8-13-7-6-12(3)16(13)9-15(14)11-17;/h6-9H,4-5,10-11H2,1-3H3;. The third-order valence-electron chi connectivity index (χ3n) is 4.94. The fraction of sp³-hybridized carbons (Fsp3) is 0.471. The van der Waals surface area contributed by atoms with Crippen LogP contribution in [0.25, 0.3) is 6.08 Å². The zero-order valence-corrected chi connectivity index (χ0v) is 15.2. The summed E-state index contributed by atoms with van der Waals surface area (Å²) in [5.41, 5.74) is 6.66. The summed E-state index contributed by atoms with van der Waals surface area (Å²) in [5, 5.41) is 0. The van der Waals surface area contributed by atoms with Gasteiger partial charge < -0.3 is 0 Å². The van der Waals surface area contributed by atoms with E-state index in [4.69, 9.17) is 0 Å². The SMILES string of the molecule is CCC1(CC)Cc2cc3c(cc2C1)[C](C)C=C3.[Hf]. The van der Waals surface area contributed by atoms with Gasteiger partial charge in [-0.2, -0.15) is 0 Å². The van der Waals surface area contributed by atoms with E-state index in [0.717, 1.165) is 0 Å². The molecule has 0 saturated heterocycles. The first-order valence-electron chi connectivity index (χ1n) is 6.85. The number of benzene rings is 1. The zero-order chi connectivity index (χ0) is 12.0. The monoisotopic (exact) mass is 405 g/mol. The molecule has 0 spiro atoms. The van der Waals surface area contributed by atoms with Crippen molar-refractivity contribution in [2.45, 2.75) is 46.5 Å². The largest absolute Gasteiger partial charge is 0.0724 e. The summed E-state index contributed by atoms with van der Waals surface area (Å²) in [6.45, 7) is 6.91. The van der Waals surface area contributed by atoms with Gasteiger partial charge in [-0.25, -0.2) is 0 Å². The molecule has 0 aliphatic heterocycles. The third kappa shape index (κ3) is 2.09. The van der Waals surface area contributed by atoms with Crippen molar-refractivity contribution < 1.29 is 25.8 Å². The second-order valence-corrected chi connectivity index (χ2v) is 5.79. The molecular weight excluding hydrogens is 383 g/mol. The van der Waals surface area contributed by atoms with Gasteiger partial charge >= 0.3 is 0 Å². The van der Waals surface area contributed by atoms with E-state index in [0.29, 0.717) is 5.41 Å². The second kappa shape index (κ2) is 5.07. The average molecular weight is 404 g/mol. The van der Waals surface area contributed by atoms with Crippen LogP contribution in [0.5, 0.6) is 0 Å². The van der Waals surface area contributed by atoms with Crippen molar-refractivity contribution >= 4 is 6.08 Å². The van der Waals surface area contributed by atoms with E-state index in [-0.39, 0.29) is 25.8 Å². The molecule has 0 amide bonds. The minimum absolute atomic E-state index is 0. The molecule has 0 aromatic heterocycles. The van der Waals surface area contributed by atoms with Crippen LogP contribution in [0, 0.1) is 11.3 Å².